The van der Waals surface area contributed by atoms with Crippen LogP contribution in [0.2, 0.25) is 0 Å². The third-order valence-corrected chi connectivity index (χ3v) is 8.71. The van der Waals surface area contributed by atoms with E-state index in [1.807, 2.05) is 43.1 Å². The van der Waals surface area contributed by atoms with Crippen molar-refractivity contribution in [2.24, 2.45) is 0 Å². The summed E-state index contributed by atoms with van der Waals surface area (Å²) in [6, 6.07) is 9.54. The van der Waals surface area contributed by atoms with Crippen LogP contribution in [0.1, 0.15) is 45.8 Å². The average molecular weight is 483 g/mol. The van der Waals surface area contributed by atoms with Gasteiger partial charge in [0.15, 0.2) is 0 Å². The van der Waals surface area contributed by atoms with Crippen LogP contribution in [-0.2, 0) is 14.8 Å². The van der Waals surface area contributed by atoms with Crippen LogP contribution < -0.4 is 0 Å². The van der Waals surface area contributed by atoms with Crippen LogP contribution in [0.15, 0.2) is 47.6 Å². The Labute approximate surface area is 200 Å². The van der Waals surface area contributed by atoms with Crippen LogP contribution in [0, 0.1) is 13.8 Å². The molecule has 0 unspecified atom stereocenters. The summed E-state index contributed by atoms with van der Waals surface area (Å²) in [5, 5.41) is 4.36. The van der Waals surface area contributed by atoms with E-state index in [2.05, 4.69) is 5.10 Å². The lowest BCUT2D eigenvalue weighted by atomic mass is 9.90. The van der Waals surface area contributed by atoms with Gasteiger partial charge < -0.3 is 9.64 Å². The summed E-state index contributed by atoms with van der Waals surface area (Å²) < 4.78 is 35.1. The van der Waals surface area contributed by atoms with Crippen molar-refractivity contribution in [1.29, 1.82) is 0 Å². The highest BCUT2D eigenvalue weighted by molar-refractivity contribution is 7.89. The molecule has 0 N–H and O–H groups in total. The smallest absolute Gasteiger partial charge is 0.257 e. The molecule has 0 spiro atoms. The van der Waals surface area contributed by atoms with Gasteiger partial charge in [0.05, 0.1) is 35.4 Å². The van der Waals surface area contributed by atoms with Crippen molar-refractivity contribution in [3.8, 4) is 0 Å². The van der Waals surface area contributed by atoms with Gasteiger partial charge in [0, 0.05) is 32.4 Å². The first-order valence-electron chi connectivity index (χ1n) is 11.8. The molecule has 3 aromatic rings. The molecule has 0 saturated carbocycles. The van der Waals surface area contributed by atoms with E-state index in [1.165, 1.54) is 0 Å². The molecule has 2 aliphatic rings. The number of aryl methyl sites for hydroxylation is 2. The SMILES string of the molecule is Cc1cc(C)cc(S(=O)(=O)N2CCC(c3ccn4ncc(C(=O)N5CCOCC5)c4c3)CC2)c1. The highest BCUT2D eigenvalue weighted by Crippen LogP contribution is 2.32. The Hall–Kier alpha value is -2.75. The second-order valence-electron chi connectivity index (χ2n) is 9.25. The molecule has 1 aromatic carbocycles. The zero-order valence-corrected chi connectivity index (χ0v) is 20.4. The van der Waals surface area contributed by atoms with Crippen LogP contribution in [0.25, 0.3) is 5.52 Å². The fourth-order valence-corrected chi connectivity index (χ4v) is 6.67. The van der Waals surface area contributed by atoms with Crippen molar-refractivity contribution >= 4 is 21.4 Å². The number of nitrogens with zero attached hydrogens (tertiary/aromatic N) is 4. The monoisotopic (exact) mass is 482 g/mol. The molecule has 8 nitrogen and oxygen atoms in total. The molecule has 5 rings (SSSR count). The minimum Gasteiger partial charge on any atom is -0.378 e. The molecule has 2 fully saturated rings. The second-order valence-corrected chi connectivity index (χ2v) is 11.2. The van der Waals surface area contributed by atoms with Gasteiger partial charge in [-0.3, -0.25) is 4.79 Å². The summed E-state index contributed by atoms with van der Waals surface area (Å²) in [7, 11) is -3.51. The van der Waals surface area contributed by atoms with Crippen molar-refractivity contribution in [2.45, 2.75) is 37.5 Å². The van der Waals surface area contributed by atoms with Crippen LogP contribution in [-0.4, -0.2) is 72.5 Å². The quantitative estimate of drug-likeness (QED) is 0.571. The van der Waals surface area contributed by atoms with Gasteiger partial charge in [-0.2, -0.15) is 9.40 Å². The lowest BCUT2D eigenvalue weighted by Crippen LogP contribution is -2.40. The summed E-state index contributed by atoms with van der Waals surface area (Å²) in [4.78, 5) is 15.2. The van der Waals surface area contributed by atoms with E-state index < -0.39 is 10.0 Å². The largest absolute Gasteiger partial charge is 0.378 e. The van der Waals surface area contributed by atoms with Gasteiger partial charge in [-0.15, -0.1) is 0 Å². The first-order chi connectivity index (χ1) is 16.3. The molecule has 4 heterocycles. The van der Waals surface area contributed by atoms with Crippen molar-refractivity contribution in [2.75, 3.05) is 39.4 Å². The number of pyridine rings is 1. The molecule has 2 aromatic heterocycles. The van der Waals surface area contributed by atoms with Gasteiger partial charge in [-0.1, -0.05) is 6.07 Å². The molecule has 0 atom stereocenters. The van der Waals surface area contributed by atoms with Gasteiger partial charge in [0.25, 0.3) is 5.91 Å². The minimum absolute atomic E-state index is 0.0233. The number of piperidine rings is 1. The van der Waals surface area contributed by atoms with Crippen molar-refractivity contribution in [3.63, 3.8) is 0 Å². The predicted molar refractivity (Wildman–Crippen MR) is 129 cm³/mol. The van der Waals surface area contributed by atoms with E-state index in [0.717, 1.165) is 35.0 Å². The highest BCUT2D eigenvalue weighted by atomic mass is 32.2. The fourth-order valence-electron chi connectivity index (χ4n) is 5.01. The molecule has 0 aliphatic carbocycles. The van der Waals surface area contributed by atoms with Gasteiger partial charge in [0.2, 0.25) is 10.0 Å². The summed E-state index contributed by atoms with van der Waals surface area (Å²) in [5.41, 5.74) is 4.40. The molecular formula is C25H30N4O4S. The maximum absolute atomic E-state index is 13.2. The number of ether oxygens (including phenoxy) is 1. The van der Waals surface area contributed by atoms with Crippen LogP contribution in [0.4, 0.5) is 0 Å². The van der Waals surface area contributed by atoms with Crippen molar-refractivity contribution < 1.29 is 17.9 Å². The molecule has 34 heavy (non-hydrogen) atoms. The van der Waals surface area contributed by atoms with Gasteiger partial charge in [-0.05, 0) is 73.6 Å². The lowest BCUT2D eigenvalue weighted by molar-refractivity contribution is 0.0304. The third kappa shape index (κ3) is 4.35. The maximum Gasteiger partial charge on any atom is 0.257 e. The number of carbonyl (C=O) groups is 1. The van der Waals surface area contributed by atoms with E-state index >= 15 is 0 Å². The minimum atomic E-state index is -3.51. The van der Waals surface area contributed by atoms with E-state index in [9.17, 15) is 13.2 Å². The lowest BCUT2D eigenvalue weighted by Gasteiger charge is -2.31. The summed E-state index contributed by atoms with van der Waals surface area (Å²) in [5.74, 6) is 0.210. The number of aromatic nitrogens is 2. The molecule has 9 heteroatoms. The predicted octanol–water partition coefficient (Wildman–Crippen LogP) is 2.99. The number of amides is 1. The average Bonchev–Trinajstić information content (AvgIpc) is 3.27. The number of benzene rings is 1. The number of carbonyl (C=O) groups excluding carboxylic acids is 1. The first kappa shape index (κ1) is 23.0. The van der Waals surface area contributed by atoms with E-state index in [-0.39, 0.29) is 11.8 Å². The van der Waals surface area contributed by atoms with Gasteiger partial charge in [-0.25, -0.2) is 12.9 Å². The number of rotatable bonds is 4. The zero-order valence-electron chi connectivity index (χ0n) is 19.6. The molecule has 2 saturated heterocycles. The Morgan fingerprint density at radius 1 is 1.00 bits per heavy atom. The number of sulfonamides is 1. The van der Waals surface area contributed by atoms with Crippen molar-refractivity contribution in [3.05, 3.63) is 65.0 Å². The van der Waals surface area contributed by atoms with Crippen LogP contribution >= 0.6 is 0 Å². The topological polar surface area (TPSA) is 84.2 Å². The number of morpholine rings is 1. The number of hydrogen-bond acceptors (Lipinski definition) is 5. The number of fused-ring (bicyclic) bond motifs is 1. The van der Waals surface area contributed by atoms with E-state index in [4.69, 9.17) is 4.74 Å². The highest BCUT2D eigenvalue weighted by Gasteiger charge is 2.31. The van der Waals surface area contributed by atoms with Crippen LogP contribution in [0.5, 0.6) is 0 Å². The zero-order chi connectivity index (χ0) is 23.9. The summed E-state index contributed by atoms with van der Waals surface area (Å²) >= 11 is 0. The summed E-state index contributed by atoms with van der Waals surface area (Å²) in [6.07, 6.45) is 5.00. The molecule has 2 aliphatic heterocycles. The molecular weight excluding hydrogens is 452 g/mol. The van der Waals surface area contributed by atoms with E-state index in [0.29, 0.717) is 49.9 Å². The molecule has 0 radical (unpaired) electrons. The normalized spacial score (nSPS) is 18.5. The Morgan fingerprint density at radius 3 is 2.35 bits per heavy atom. The fraction of sp³-hybridized carbons (Fsp3) is 0.440. The first-order valence-corrected chi connectivity index (χ1v) is 13.2. The van der Waals surface area contributed by atoms with Crippen molar-refractivity contribution in [1.82, 2.24) is 18.8 Å². The molecule has 180 valence electrons. The molecule has 0 bridgehead atoms. The van der Waals surface area contributed by atoms with E-state index in [1.54, 1.807) is 27.2 Å². The third-order valence-electron chi connectivity index (χ3n) is 6.83. The van der Waals surface area contributed by atoms with Crippen LogP contribution in [0.3, 0.4) is 0 Å². The standard InChI is InChI=1S/C25H30N4O4S/c1-18-13-19(2)15-22(14-18)34(31,32)28-6-3-20(4-7-28)21-5-8-29-24(16-21)23(17-26-29)25(30)27-9-11-33-12-10-27/h5,8,13-17,20H,3-4,6-7,9-12H2,1-2H3. The second kappa shape index (κ2) is 9.13. The Balaban J connectivity index is 1.33. The molecule has 1 amide bonds. The Morgan fingerprint density at radius 2 is 1.68 bits per heavy atom. The van der Waals surface area contributed by atoms with Gasteiger partial charge >= 0.3 is 0 Å². The maximum atomic E-state index is 13.2. The Kier molecular flexibility index (Phi) is 6.18. The number of hydrogen-bond donors (Lipinski definition) is 0. The van der Waals surface area contributed by atoms with Gasteiger partial charge in [0.1, 0.15) is 0 Å². The Bertz CT molecular complexity index is 1300. The summed E-state index contributed by atoms with van der Waals surface area (Å²) in [6.45, 7) is 7.08.